The number of nitro groups is 1. The second-order valence-corrected chi connectivity index (χ2v) is 5.72. The van der Waals surface area contributed by atoms with Gasteiger partial charge in [-0.15, -0.1) is 12.4 Å². The van der Waals surface area contributed by atoms with Crippen LogP contribution in [-0.2, 0) is 0 Å². The Labute approximate surface area is 140 Å². The third kappa shape index (κ3) is 4.56. The number of nitrogens with zero attached hydrogens (tertiary/aromatic N) is 1. The van der Waals surface area contributed by atoms with Gasteiger partial charge in [0, 0.05) is 17.1 Å². The van der Waals surface area contributed by atoms with E-state index < -0.39 is 10.8 Å². The van der Waals surface area contributed by atoms with E-state index in [2.05, 4.69) is 10.6 Å². The number of nitrogens with one attached hydrogen (secondary N) is 2. The van der Waals surface area contributed by atoms with Crippen LogP contribution in [0.2, 0.25) is 5.02 Å². The number of piperidine rings is 1. The average Bonchev–Trinajstić information content (AvgIpc) is 2.47. The van der Waals surface area contributed by atoms with Gasteiger partial charge in [0.05, 0.1) is 4.92 Å². The van der Waals surface area contributed by atoms with Crippen molar-refractivity contribution in [1.82, 2.24) is 10.6 Å². The quantitative estimate of drug-likeness (QED) is 0.647. The van der Waals surface area contributed by atoms with E-state index in [-0.39, 0.29) is 34.7 Å². The predicted octanol–water partition coefficient (Wildman–Crippen LogP) is 2.79. The molecule has 0 saturated carbocycles. The molecule has 2 unspecified atom stereocenters. The van der Waals surface area contributed by atoms with E-state index in [4.69, 9.17) is 11.6 Å². The van der Waals surface area contributed by atoms with Crippen molar-refractivity contribution in [3.63, 3.8) is 0 Å². The van der Waals surface area contributed by atoms with Crippen molar-refractivity contribution in [3.05, 3.63) is 38.9 Å². The van der Waals surface area contributed by atoms with Crippen LogP contribution in [-0.4, -0.2) is 30.0 Å². The summed E-state index contributed by atoms with van der Waals surface area (Å²) < 4.78 is 0. The summed E-state index contributed by atoms with van der Waals surface area (Å²) in [5, 5.41) is 17.4. The lowest BCUT2D eigenvalue weighted by atomic mass is 9.92. The molecule has 1 fully saturated rings. The van der Waals surface area contributed by atoms with Crippen molar-refractivity contribution >= 4 is 35.6 Å². The molecule has 6 nitrogen and oxygen atoms in total. The van der Waals surface area contributed by atoms with Crippen LogP contribution in [0.3, 0.4) is 0 Å². The maximum atomic E-state index is 12.3. The maximum absolute atomic E-state index is 12.3. The monoisotopic (exact) mass is 347 g/mol. The van der Waals surface area contributed by atoms with E-state index in [1.165, 1.54) is 18.2 Å². The SMILES string of the molecule is CC(NC(=O)c1ccc(Cl)cc1[N+](=O)[O-])C1CCCNC1.Cl. The van der Waals surface area contributed by atoms with E-state index >= 15 is 0 Å². The van der Waals surface area contributed by atoms with Crippen molar-refractivity contribution in [3.8, 4) is 0 Å². The third-order valence-electron chi connectivity index (χ3n) is 3.80. The van der Waals surface area contributed by atoms with Crippen LogP contribution in [0.25, 0.3) is 0 Å². The highest BCUT2D eigenvalue weighted by Crippen LogP contribution is 2.23. The third-order valence-corrected chi connectivity index (χ3v) is 4.04. The number of hydrogen-bond donors (Lipinski definition) is 2. The minimum Gasteiger partial charge on any atom is -0.349 e. The minimum absolute atomic E-state index is 0. The van der Waals surface area contributed by atoms with Crippen molar-refractivity contribution < 1.29 is 9.72 Å². The van der Waals surface area contributed by atoms with Crippen LogP contribution >= 0.6 is 24.0 Å². The molecule has 1 aromatic carbocycles. The number of benzene rings is 1. The molecule has 1 aliphatic rings. The van der Waals surface area contributed by atoms with Crippen LogP contribution in [0.4, 0.5) is 5.69 Å². The molecule has 1 aromatic rings. The first-order valence-corrected chi connectivity index (χ1v) is 7.32. The molecule has 2 N–H and O–H groups in total. The van der Waals surface area contributed by atoms with Gasteiger partial charge in [0.2, 0.25) is 0 Å². The summed E-state index contributed by atoms with van der Waals surface area (Å²) in [6.07, 6.45) is 2.11. The molecule has 122 valence electrons. The number of nitro benzene ring substituents is 1. The van der Waals surface area contributed by atoms with Gasteiger partial charge in [0.25, 0.3) is 11.6 Å². The van der Waals surface area contributed by atoms with Crippen LogP contribution in [0, 0.1) is 16.0 Å². The Hall–Kier alpha value is -1.37. The fraction of sp³-hybridized carbons (Fsp3) is 0.500. The van der Waals surface area contributed by atoms with Crippen molar-refractivity contribution in [2.24, 2.45) is 5.92 Å². The Bertz CT molecular complexity index is 548. The molecule has 1 aliphatic heterocycles. The predicted molar refractivity (Wildman–Crippen MR) is 87.9 cm³/mol. The van der Waals surface area contributed by atoms with Gasteiger partial charge in [-0.05, 0) is 50.9 Å². The molecule has 2 rings (SSSR count). The first kappa shape index (κ1) is 18.7. The fourth-order valence-electron chi connectivity index (χ4n) is 2.56. The molecule has 22 heavy (non-hydrogen) atoms. The van der Waals surface area contributed by atoms with Crippen LogP contribution in [0.1, 0.15) is 30.1 Å². The molecular weight excluding hydrogens is 329 g/mol. The summed E-state index contributed by atoms with van der Waals surface area (Å²) in [5.74, 6) is -0.0921. The summed E-state index contributed by atoms with van der Waals surface area (Å²) in [7, 11) is 0. The van der Waals surface area contributed by atoms with Gasteiger partial charge in [-0.2, -0.15) is 0 Å². The molecule has 1 amide bonds. The lowest BCUT2D eigenvalue weighted by Crippen LogP contribution is -2.44. The minimum atomic E-state index is -0.590. The first-order valence-electron chi connectivity index (χ1n) is 6.94. The van der Waals surface area contributed by atoms with Gasteiger partial charge in [0.1, 0.15) is 5.56 Å². The fourth-order valence-corrected chi connectivity index (χ4v) is 2.72. The Kier molecular flexibility index (Phi) is 7.06. The van der Waals surface area contributed by atoms with E-state index in [0.29, 0.717) is 5.92 Å². The van der Waals surface area contributed by atoms with Crippen molar-refractivity contribution in [2.75, 3.05) is 13.1 Å². The smallest absolute Gasteiger partial charge is 0.283 e. The second-order valence-electron chi connectivity index (χ2n) is 5.29. The lowest BCUT2D eigenvalue weighted by molar-refractivity contribution is -0.385. The number of amides is 1. The van der Waals surface area contributed by atoms with E-state index in [9.17, 15) is 14.9 Å². The normalized spacial score (nSPS) is 18.9. The van der Waals surface area contributed by atoms with Crippen molar-refractivity contribution in [1.29, 1.82) is 0 Å². The largest absolute Gasteiger partial charge is 0.349 e. The van der Waals surface area contributed by atoms with E-state index in [1.807, 2.05) is 6.92 Å². The highest BCUT2D eigenvalue weighted by atomic mass is 35.5. The summed E-state index contributed by atoms with van der Waals surface area (Å²) in [6, 6.07) is 4.03. The molecule has 0 aromatic heterocycles. The Morgan fingerprint density at radius 3 is 2.86 bits per heavy atom. The highest BCUT2D eigenvalue weighted by molar-refractivity contribution is 6.31. The topological polar surface area (TPSA) is 84.3 Å². The van der Waals surface area contributed by atoms with E-state index in [1.54, 1.807) is 0 Å². The van der Waals surface area contributed by atoms with Crippen LogP contribution < -0.4 is 10.6 Å². The van der Waals surface area contributed by atoms with Gasteiger partial charge < -0.3 is 10.6 Å². The van der Waals surface area contributed by atoms with Gasteiger partial charge in [-0.1, -0.05) is 11.6 Å². The van der Waals surface area contributed by atoms with Gasteiger partial charge in [-0.3, -0.25) is 14.9 Å². The molecule has 1 heterocycles. The van der Waals surface area contributed by atoms with Crippen LogP contribution in [0.15, 0.2) is 18.2 Å². The summed E-state index contributed by atoms with van der Waals surface area (Å²) in [4.78, 5) is 22.7. The van der Waals surface area contributed by atoms with Gasteiger partial charge >= 0.3 is 0 Å². The molecule has 2 atom stereocenters. The number of hydrogen-bond acceptors (Lipinski definition) is 4. The molecule has 8 heteroatoms. The van der Waals surface area contributed by atoms with E-state index in [0.717, 1.165) is 25.9 Å². The molecular formula is C14H19Cl2N3O3. The maximum Gasteiger partial charge on any atom is 0.283 e. The van der Waals surface area contributed by atoms with Crippen molar-refractivity contribution in [2.45, 2.75) is 25.8 Å². The Morgan fingerprint density at radius 1 is 1.55 bits per heavy atom. The van der Waals surface area contributed by atoms with Gasteiger partial charge in [0.15, 0.2) is 0 Å². The zero-order chi connectivity index (χ0) is 15.4. The first-order chi connectivity index (χ1) is 9.99. The number of rotatable bonds is 4. The number of carbonyl (C=O) groups is 1. The molecule has 0 aliphatic carbocycles. The Balaban J connectivity index is 0.00000242. The molecule has 0 radical (unpaired) electrons. The standard InChI is InChI=1S/C14H18ClN3O3.ClH/c1-9(10-3-2-6-16-8-10)17-14(19)12-5-4-11(15)7-13(12)18(20)21;/h4-5,7,9-10,16H,2-3,6,8H2,1H3,(H,17,19);1H. The Morgan fingerprint density at radius 2 is 2.27 bits per heavy atom. The lowest BCUT2D eigenvalue weighted by Gasteiger charge is -2.28. The zero-order valence-electron chi connectivity index (χ0n) is 12.2. The summed E-state index contributed by atoms with van der Waals surface area (Å²) in [6.45, 7) is 3.78. The number of halogens is 2. The second kappa shape index (κ2) is 8.31. The molecule has 1 saturated heterocycles. The summed E-state index contributed by atoms with van der Waals surface area (Å²) >= 11 is 5.75. The van der Waals surface area contributed by atoms with Gasteiger partial charge in [-0.25, -0.2) is 0 Å². The zero-order valence-corrected chi connectivity index (χ0v) is 13.7. The highest BCUT2D eigenvalue weighted by Gasteiger charge is 2.25. The van der Waals surface area contributed by atoms with Crippen LogP contribution in [0.5, 0.6) is 0 Å². The number of carbonyl (C=O) groups excluding carboxylic acids is 1. The molecule has 0 bridgehead atoms. The molecule has 0 spiro atoms. The average molecular weight is 348 g/mol. The summed E-state index contributed by atoms with van der Waals surface area (Å²) in [5.41, 5.74) is -0.228.